The molecular weight excluding hydrogens is 408 g/mol. The van der Waals surface area contributed by atoms with Gasteiger partial charge in [-0.15, -0.1) is 0 Å². The summed E-state index contributed by atoms with van der Waals surface area (Å²) < 4.78 is 3.07. The van der Waals surface area contributed by atoms with E-state index in [0.29, 0.717) is 5.56 Å². The molecule has 1 aliphatic rings. The number of amides is 1. The van der Waals surface area contributed by atoms with E-state index < -0.39 is 0 Å². The Balaban J connectivity index is 1.30. The van der Waals surface area contributed by atoms with E-state index in [0.717, 1.165) is 52.8 Å². The van der Waals surface area contributed by atoms with Crippen LogP contribution in [0.4, 0.5) is 5.13 Å². The first-order chi connectivity index (χ1) is 15.1. The number of anilines is 1. The number of nitrogens with zero attached hydrogens (tertiary/aromatic N) is 5. The van der Waals surface area contributed by atoms with Gasteiger partial charge in [-0.2, -0.15) is 10.1 Å². The van der Waals surface area contributed by atoms with E-state index in [9.17, 15) is 4.79 Å². The second-order valence-electron chi connectivity index (χ2n) is 7.96. The van der Waals surface area contributed by atoms with E-state index in [2.05, 4.69) is 40.3 Å². The lowest BCUT2D eigenvalue weighted by molar-refractivity contribution is 0.0930. The van der Waals surface area contributed by atoms with E-state index in [1.54, 1.807) is 35.9 Å². The molecule has 1 saturated heterocycles. The first-order valence-electron chi connectivity index (χ1n) is 10.5. The van der Waals surface area contributed by atoms with Gasteiger partial charge in [0.2, 0.25) is 0 Å². The Hall–Kier alpha value is -3.26. The second kappa shape index (κ2) is 8.11. The quantitative estimate of drug-likeness (QED) is 0.529. The molecular formula is C23H24N6OS. The Bertz CT molecular complexity index is 1220. The van der Waals surface area contributed by atoms with Crippen LogP contribution in [0, 0.1) is 13.8 Å². The Labute approximate surface area is 184 Å². The zero-order valence-electron chi connectivity index (χ0n) is 17.6. The highest BCUT2D eigenvalue weighted by molar-refractivity contribution is 7.22. The third-order valence-corrected chi connectivity index (χ3v) is 6.86. The average molecular weight is 433 g/mol. The van der Waals surface area contributed by atoms with Gasteiger partial charge in [-0.05, 0) is 56.5 Å². The van der Waals surface area contributed by atoms with Crippen LogP contribution in [-0.2, 0) is 0 Å². The predicted octanol–water partition coefficient (Wildman–Crippen LogP) is 3.89. The summed E-state index contributed by atoms with van der Waals surface area (Å²) >= 11 is 1.70. The molecule has 0 spiro atoms. The minimum atomic E-state index is -0.0552. The highest BCUT2D eigenvalue weighted by Crippen LogP contribution is 2.33. The molecule has 0 aliphatic carbocycles. The molecule has 4 aromatic rings. The Morgan fingerprint density at radius 1 is 1.16 bits per heavy atom. The van der Waals surface area contributed by atoms with E-state index in [4.69, 9.17) is 10.1 Å². The summed E-state index contributed by atoms with van der Waals surface area (Å²) in [6, 6.07) is 12.1. The maximum Gasteiger partial charge on any atom is 0.253 e. The third-order valence-electron chi connectivity index (χ3n) is 5.65. The number of fused-ring (bicyclic) bond motifs is 1. The van der Waals surface area contributed by atoms with Crippen molar-refractivity contribution in [3.8, 4) is 5.69 Å². The van der Waals surface area contributed by atoms with Crippen molar-refractivity contribution in [2.75, 3.05) is 18.0 Å². The summed E-state index contributed by atoms with van der Waals surface area (Å²) in [7, 11) is 0. The number of nitrogens with one attached hydrogen (secondary N) is 1. The average Bonchev–Trinajstić information content (AvgIpc) is 3.35. The van der Waals surface area contributed by atoms with Gasteiger partial charge in [-0.1, -0.05) is 23.5 Å². The van der Waals surface area contributed by atoms with Crippen molar-refractivity contribution in [1.82, 2.24) is 25.1 Å². The van der Waals surface area contributed by atoms with Gasteiger partial charge in [0.05, 0.1) is 21.6 Å². The molecule has 31 heavy (non-hydrogen) atoms. The molecule has 1 amide bonds. The largest absolute Gasteiger partial charge is 0.349 e. The maximum atomic E-state index is 12.4. The van der Waals surface area contributed by atoms with Gasteiger partial charge in [0.25, 0.3) is 5.91 Å². The fourth-order valence-corrected chi connectivity index (χ4v) is 5.02. The van der Waals surface area contributed by atoms with Gasteiger partial charge in [0.1, 0.15) is 0 Å². The van der Waals surface area contributed by atoms with Crippen molar-refractivity contribution in [2.24, 2.45) is 0 Å². The summed E-state index contributed by atoms with van der Waals surface area (Å²) in [4.78, 5) is 23.7. The molecule has 5 rings (SSSR count). The Kier molecular flexibility index (Phi) is 5.15. The molecule has 0 saturated carbocycles. The van der Waals surface area contributed by atoms with Crippen molar-refractivity contribution in [3.63, 3.8) is 0 Å². The van der Waals surface area contributed by atoms with E-state index in [-0.39, 0.29) is 11.9 Å². The zero-order chi connectivity index (χ0) is 21.4. The molecule has 1 N–H and O–H groups in total. The summed E-state index contributed by atoms with van der Waals surface area (Å²) in [6.07, 6.45) is 5.06. The van der Waals surface area contributed by atoms with Crippen LogP contribution in [0.1, 0.15) is 34.5 Å². The van der Waals surface area contributed by atoms with Crippen molar-refractivity contribution in [2.45, 2.75) is 32.7 Å². The summed E-state index contributed by atoms with van der Waals surface area (Å²) in [5.41, 5.74) is 4.75. The van der Waals surface area contributed by atoms with Crippen LogP contribution < -0.4 is 10.2 Å². The highest BCUT2D eigenvalue weighted by atomic mass is 32.1. The molecule has 1 aromatic carbocycles. The van der Waals surface area contributed by atoms with Crippen LogP contribution in [0.15, 0.2) is 48.8 Å². The molecule has 4 heterocycles. The van der Waals surface area contributed by atoms with Crippen LogP contribution in [0.2, 0.25) is 0 Å². The van der Waals surface area contributed by atoms with Gasteiger partial charge in [-0.3, -0.25) is 9.78 Å². The summed E-state index contributed by atoms with van der Waals surface area (Å²) in [6.45, 7) is 5.85. The normalized spacial score (nSPS) is 14.8. The van der Waals surface area contributed by atoms with Crippen LogP contribution in [0.25, 0.3) is 16.0 Å². The Morgan fingerprint density at radius 3 is 2.74 bits per heavy atom. The zero-order valence-corrected chi connectivity index (χ0v) is 18.4. The number of benzene rings is 1. The van der Waals surface area contributed by atoms with Crippen molar-refractivity contribution in [3.05, 3.63) is 65.6 Å². The minimum absolute atomic E-state index is 0.0552. The van der Waals surface area contributed by atoms with Gasteiger partial charge in [0.15, 0.2) is 10.8 Å². The van der Waals surface area contributed by atoms with Crippen LogP contribution in [0.3, 0.4) is 0 Å². The van der Waals surface area contributed by atoms with Gasteiger partial charge in [0, 0.05) is 31.5 Å². The second-order valence-corrected chi connectivity index (χ2v) is 8.94. The lowest BCUT2D eigenvalue weighted by Gasteiger charge is -2.32. The SMILES string of the molecule is Cc1cccc(-n2nc(C)c3sc(N4CCC(NC(=O)c5cccnc5)CC4)nc32)c1. The van der Waals surface area contributed by atoms with Crippen molar-refractivity contribution < 1.29 is 4.79 Å². The number of aromatic nitrogens is 4. The number of pyridine rings is 1. The van der Waals surface area contributed by atoms with Gasteiger partial charge >= 0.3 is 0 Å². The van der Waals surface area contributed by atoms with Gasteiger partial charge in [-0.25, -0.2) is 4.68 Å². The van der Waals surface area contributed by atoms with Crippen LogP contribution in [0.5, 0.6) is 0 Å². The number of carbonyl (C=O) groups excluding carboxylic acids is 1. The number of piperidine rings is 1. The van der Waals surface area contributed by atoms with Crippen molar-refractivity contribution >= 4 is 32.7 Å². The number of carbonyl (C=O) groups is 1. The number of thiazole rings is 1. The molecule has 1 fully saturated rings. The molecule has 7 nitrogen and oxygen atoms in total. The molecule has 1 aliphatic heterocycles. The monoisotopic (exact) mass is 432 g/mol. The first kappa shape index (κ1) is 19.7. The summed E-state index contributed by atoms with van der Waals surface area (Å²) in [5.74, 6) is -0.0552. The molecule has 0 unspecified atom stereocenters. The Morgan fingerprint density at radius 2 is 2.00 bits per heavy atom. The molecule has 8 heteroatoms. The predicted molar refractivity (Wildman–Crippen MR) is 123 cm³/mol. The number of hydrogen-bond acceptors (Lipinski definition) is 6. The number of hydrogen-bond donors (Lipinski definition) is 1. The lowest BCUT2D eigenvalue weighted by atomic mass is 10.1. The molecule has 158 valence electrons. The fraction of sp³-hybridized carbons (Fsp3) is 0.304. The lowest BCUT2D eigenvalue weighted by Crippen LogP contribution is -2.44. The molecule has 0 radical (unpaired) electrons. The fourth-order valence-electron chi connectivity index (χ4n) is 3.98. The van der Waals surface area contributed by atoms with Crippen LogP contribution >= 0.6 is 11.3 Å². The van der Waals surface area contributed by atoms with Crippen LogP contribution in [-0.4, -0.2) is 44.8 Å². The van der Waals surface area contributed by atoms with E-state index in [1.165, 1.54) is 5.56 Å². The van der Waals surface area contributed by atoms with Gasteiger partial charge < -0.3 is 10.2 Å². The third kappa shape index (κ3) is 3.90. The topological polar surface area (TPSA) is 75.9 Å². The first-order valence-corrected chi connectivity index (χ1v) is 11.3. The molecule has 0 bridgehead atoms. The van der Waals surface area contributed by atoms with E-state index >= 15 is 0 Å². The standard InChI is InChI=1S/C23H24N6OS/c1-15-5-3-7-19(13-15)29-21-20(16(2)27-29)31-23(26-21)28-11-8-18(9-12-28)25-22(30)17-6-4-10-24-14-17/h3-7,10,13-14,18H,8-9,11-12H2,1-2H3,(H,25,30). The molecule has 0 atom stereocenters. The highest BCUT2D eigenvalue weighted by Gasteiger charge is 2.25. The van der Waals surface area contributed by atoms with Crippen molar-refractivity contribution in [1.29, 1.82) is 0 Å². The van der Waals surface area contributed by atoms with E-state index in [1.807, 2.05) is 17.7 Å². The number of rotatable bonds is 4. The molecule has 3 aromatic heterocycles. The summed E-state index contributed by atoms with van der Waals surface area (Å²) in [5, 5.41) is 8.87. The number of aryl methyl sites for hydroxylation is 2. The maximum absolute atomic E-state index is 12.4. The minimum Gasteiger partial charge on any atom is -0.349 e. The smallest absolute Gasteiger partial charge is 0.253 e.